The maximum absolute atomic E-state index is 13.0. The molecule has 1 aromatic carbocycles. The van der Waals surface area contributed by atoms with Crippen molar-refractivity contribution in [2.45, 2.75) is 29.9 Å². The van der Waals surface area contributed by atoms with Gasteiger partial charge in [-0.2, -0.15) is 4.31 Å². The fourth-order valence-corrected chi connectivity index (χ4v) is 4.65. The first-order valence-corrected chi connectivity index (χ1v) is 8.86. The second-order valence-corrected chi connectivity index (χ2v) is 7.34. The molecule has 1 aliphatic heterocycles. The Morgan fingerprint density at radius 2 is 2.12 bits per heavy atom. The highest BCUT2D eigenvalue weighted by molar-refractivity contribution is 7.89. The van der Waals surface area contributed by atoms with Crippen LogP contribution in [0.5, 0.6) is 5.75 Å². The molecule has 0 bridgehead atoms. The molecule has 1 fully saturated rings. The summed E-state index contributed by atoms with van der Waals surface area (Å²) in [4.78, 5) is 10.2. The van der Waals surface area contributed by atoms with Crippen molar-refractivity contribution >= 4 is 15.7 Å². The molecule has 134 valence electrons. The third kappa shape index (κ3) is 3.51. The number of hydrogen-bond acceptors (Lipinski definition) is 7. The number of methoxy groups -OCH3 is 2. The lowest BCUT2D eigenvalue weighted by atomic mass is 10.0. The summed E-state index contributed by atoms with van der Waals surface area (Å²) < 4.78 is 37.4. The highest BCUT2D eigenvalue weighted by Gasteiger charge is 2.39. The second-order valence-electron chi connectivity index (χ2n) is 5.48. The number of benzene rings is 1. The van der Waals surface area contributed by atoms with Crippen molar-refractivity contribution in [3.63, 3.8) is 0 Å². The molecule has 0 aromatic heterocycles. The van der Waals surface area contributed by atoms with Gasteiger partial charge in [0.05, 0.1) is 24.2 Å². The molecule has 0 spiro atoms. The highest BCUT2D eigenvalue weighted by atomic mass is 32.2. The van der Waals surface area contributed by atoms with Gasteiger partial charge < -0.3 is 15.2 Å². The molecule has 0 amide bonds. The highest BCUT2D eigenvalue weighted by Crippen LogP contribution is 2.33. The van der Waals surface area contributed by atoms with E-state index in [1.807, 2.05) is 0 Å². The molecule has 2 unspecified atom stereocenters. The van der Waals surface area contributed by atoms with Crippen LogP contribution in [0.1, 0.15) is 12.8 Å². The molecule has 1 saturated heterocycles. The van der Waals surface area contributed by atoms with Crippen LogP contribution in [0.25, 0.3) is 0 Å². The quantitative estimate of drug-likeness (QED) is 0.586. The van der Waals surface area contributed by atoms with Gasteiger partial charge >= 0.3 is 0 Å². The third-order valence-electron chi connectivity index (χ3n) is 4.17. The molecule has 0 aliphatic carbocycles. The summed E-state index contributed by atoms with van der Waals surface area (Å²) in [6.07, 6.45) is 0.891. The van der Waals surface area contributed by atoms with E-state index in [9.17, 15) is 18.5 Å². The van der Waals surface area contributed by atoms with Gasteiger partial charge in [-0.05, 0) is 25.0 Å². The average Bonchev–Trinajstić information content (AvgIpc) is 2.60. The Bertz CT molecular complexity index is 708. The Labute approximate surface area is 140 Å². The standard InChI is InChI=1S/C14H21N3O6S/c1-22-11-3-4-14(13(8-11)17(18)19)24(20,21)16-6-5-12(23-2)7-10(16)9-15/h3-4,8,10,12H,5-7,9,15H2,1-2H3. The van der Waals surface area contributed by atoms with Crippen LogP contribution in [0.3, 0.4) is 0 Å². The molecule has 24 heavy (non-hydrogen) atoms. The van der Waals surface area contributed by atoms with Gasteiger partial charge in [-0.15, -0.1) is 0 Å². The van der Waals surface area contributed by atoms with Crippen molar-refractivity contribution in [3.05, 3.63) is 28.3 Å². The van der Waals surface area contributed by atoms with E-state index in [0.717, 1.165) is 6.07 Å². The number of nitro benzene ring substituents is 1. The van der Waals surface area contributed by atoms with E-state index in [1.54, 1.807) is 7.11 Å². The molecule has 0 saturated carbocycles. The van der Waals surface area contributed by atoms with Crippen molar-refractivity contribution in [1.29, 1.82) is 0 Å². The normalized spacial score (nSPS) is 22.3. The fourth-order valence-electron chi connectivity index (χ4n) is 2.85. The van der Waals surface area contributed by atoms with Gasteiger partial charge in [0.25, 0.3) is 5.69 Å². The van der Waals surface area contributed by atoms with Gasteiger partial charge in [0, 0.05) is 26.2 Å². The lowest BCUT2D eigenvalue weighted by Crippen LogP contribution is -2.51. The van der Waals surface area contributed by atoms with Crippen molar-refractivity contribution in [3.8, 4) is 5.75 Å². The molecular weight excluding hydrogens is 338 g/mol. The van der Waals surface area contributed by atoms with Crippen LogP contribution in [0.15, 0.2) is 23.1 Å². The zero-order valence-corrected chi connectivity index (χ0v) is 14.4. The number of sulfonamides is 1. The van der Waals surface area contributed by atoms with Gasteiger partial charge in [-0.1, -0.05) is 0 Å². The summed E-state index contributed by atoms with van der Waals surface area (Å²) in [6, 6.07) is 3.23. The number of rotatable bonds is 6. The average molecular weight is 359 g/mol. The number of nitro groups is 1. The van der Waals surface area contributed by atoms with Gasteiger partial charge in [0.2, 0.25) is 10.0 Å². The zero-order chi connectivity index (χ0) is 17.9. The lowest BCUT2D eigenvalue weighted by molar-refractivity contribution is -0.387. The van der Waals surface area contributed by atoms with E-state index in [2.05, 4.69) is 0 Å². The van der Waals surface area contributed by atoms with Crippen molar-refractivity contribution in [2.24, 2.45) is 5.73 Å². The minimum Gasteiger partial charge on any atom is -0.497 e. The Balaban J connectivity index is 2.45. The molecule has 1 aromatic rings. The van der Waals surface area contributed by atoms with Crippen molar-refractivity contribution in [2.75, 3.05) is 27.3 Å². The van der Waals surface area contributed by atoms with E-state index in [-0.39, 0.29) is 29.8 Å². The monoisotopic (exact) mass is 359 g/mol. The fraction of sp³-hybridized carbons (Fsp3) is 0.571. The molecule has 2 rings (SSSR count). The molecule has 10 heteroatoms. The summed E-state index contributed by atoms with van der Waals surface area (Å²) >= 11 is 0. The lowest BCUT2D eigenvalue weighted by Gasteiger charge is -2.37. The van der Waals surface area contributed by atoms with E-state index in [1.165, 1.54) is 23.5 Å². The number of nitrogens with two attached hydrogens (primary N) is 1. The molecule has 9 nitrogen and oxygen atoms in total. The summed E-state index contributed by atoms with van der Waals surface area (Å²) in [6.45, 7) is 0.314. The van der Waals surface area contributed by atoms with E-state index in [4.69, 9.17) is 15.2 Å². The molecule has 1 aliphatic rings. The van der Waals surface area contributed by atoms with Crippen LogP contribution < -0.4 is 10.5 Å². The van der Waals surface area contributed by atoms with Crippen molar-refractivity contribution < 1.29 is 22.8 Å². The summed E-state index contributed by atoms with van der Waals surface area (Å²) in [5.74, 6) is 0.217. The summed E-state index contributed by atoms with van der Waals surface area (Å²) in [5.41, 5.74) is 5.20. The van der Waals surface area contributed by atoms with Crippen molar-refractivity contribution in [1.82, 2.24) is 4.31 Å². The number of hydrogen-bond donors (Lipinski definition) is 1. The molecular formula is C14H21N3O6S. The SMILES string of the molecule is COc1ccc(S(=O)(=O)N2CCC(OC)CC2CN)c([N+](=O)[O-])c1. The molecule has 0 radical (unpaired) electrons. The Morgan fingerprint density at radius 1 is 1.42 bits per heavy atom. The van der Waals surface area contributed by atoms with E-state index >= 15 is 0 Å². The molecule has 2 atom stereocenters. The maximum atomic E-state index is 13.0. The Morgan fingerprint density at radius 3 is 2.67 bits per heavy atom. The van der Waals surface area contributed by atoms with Gasteiger partial charge in [-0.3, -0.25) is 10.1 Å². The smallest absolute Gasteiger partial charge is 0.293 e. The van der Waals surface area contributed by atoms with E-state index in [0.29, 0.717) is 12.8 Å². The minimum atomic E-state index is -4.06. The summed E-state index contributed by atoms with van der Waals surface area (Å²) in [5, 5.41) is 11.3. The first kappa shape index (κ1) is 18.6. The number of nitrogens with zero attached hydrogens (tertiary/aromatic N) is 2. The van der Waals surface area contributed by atoms with E-state index < -0.39 is 26.7 Å². The predicted octanol–water partition coefficient (Wildman–Crippen LogP) is 0.730. The second kappa shape index (κ2) is 7.43. The maximum Gasteiger partial charge on any atom is 0.293 e. The molecule has 1 heterocycles. The number of piperidine rings is 1. The Hall–Kier alpha value is -1.75. The first-order chi connectivity index (χ1) is 11.3. The van der Waals surface area contributed by atoms with Gasteiger partial charge in [0.1, 0.15) is 5.75 Å². The Kier molecular flexibility index (Phi) is 5.75. The minimum absolute atomic E-state index is 0.0733. The largest absolute Gasteiger partial charge is 0.497 e. The van der Waals surface area contributed by atoms with Crippen LogP contribution in [0, 0.1) is 10.1 Å². The topological polar surface area (TPSA) is 125 Å². The predicted molar refractivity (Wildman–Crippen MR) is 86.4 cm³/mol. The summed E-state index contributed by atoms with van der Waals surface area (Å²) in [7, 11) is -1.13. The van der Waals surface area contributed by atoms with Gasteiger partial charge in [0.15, 0.2) is 4.90 Å². The van der Waals surface area contributed by atoms with Crippen LogP contribution in [0.4, 0.5) is 5.69 Å². The van der Waals surface area contributed by atoms with Gasteiger partial charge in [-0.25, -0.2) is 8.42 Å². The van der Waals surface area contributed by atoms with Crippen LogP contribution >= 0.6 is 0 Å². The van der Waals surface area contributed by atoms with Crippen LogP contribution in [0.2, 0.25) is 0 Å². The van der Waals surface area contributed by atoms with Crippen LogP contribution in [-0.4, -0.2) is 57.1 Å². The third-order valence-corrected chi connectivity index (χ3v) is 6.17. The number of ether oxygens (including phenoxy) is 2. The first-order valence-electron chi connectivity index (χ1n) is 7.42. The molecule has 2 N–H and O–H groups in total. The zero-order valence-electron chi connectivity index (χ0n) is 13.5. The van der Waals surface area contributed by atoms with Crippen LogP contribution in [-0.2, 0) is 14.8 Å².